The van der Waals surface area contributed by atoms with Crippen molar-refractivity contribution in [3.63, 3.8) is 0 Å². The molecular formula is C8H17NO. The van der Waals surface area contributed by atoms with Gasteiger partial charge < -0.3 is 5.73 Å². The fourth-order valence-corrected chi connectivity index (χ4v) is 0.643. The minimum absolute atomic E-state index is 0.0486. The standard InChI is InChI=1S/C8H17NO/c1-4-7(10)5-8(9)6(2)3/h6,8H,4-5,9H2,1-3H3. The summed E-state index contributed by atoms with van der Waals surface area (Å²) >= 11 is 0. The van der Waals surface area contributed by atoms with Crippen LogP contribution in [0.3, 0.4) is 0 Å². The van der Waals surface area contributed by atoms with Crippen molar-refractivity contribution in [2.24, 2.45) is 11.7 Å². The number of hydrogen-bond acceptors (Lipinski definition) is 2. The summed E-state index contributed by atoms with van der Waals surface area (Å²) < 4.78 is 0. The van der Waals surface area contributed by atoms with Gasteiger partial charge in [0.2, 0.25) is 0 Å². The number of ketones is 1. The van der Waals surface area contributed by atoms with Gasteiger partial charge in [-0.15, -0.1) is 0 Å². The van der Waals surface area contributed by atoms with Gasteiger partial charge >= 0.3 is 0 Å². The fraction of sp³-hybridized carbons (Fsp3) is 0.875. The molecule has 0 spiro atoms. The molecule has 2 N–H and O–H groups in total. The summed E-state index contributed by atoms with van der Waals surface area (Å²) in [5.74, 6) is 0.677. The molecule has 1 atom stereocenters. The van der Waals surface area contributed by atoms with Crippen molar-refractivity contribution in [1.29, 1.82) is 0 Å². The van der Waals surface area contributed by atoms with Crippen molar-refractivity contribution in [3.05, 3.63) is 0 Å². The Labute approximate surface area is 62.8 Å². The van der Waals surface area contributed by atoms with Gasteiger partial charge in [-0.1, -0.05) is 20.8 Å². The topological polar surface area (TPSA) is 43.1 Å². The normalized spacial score (nSPS) is 13.7. The minimum atomic E-state index is 0.0486. The average Bonchev–Trinajstić information content (AvgIpc) is 1.87. The molecule has 2 nitrogen and oxygen atoms in total. The third-order valence-corrected chi connectivity index (χ3v) is 1.71. The van der Waals surface area contributed by atoms with Crippen molar-refractivity contribution >= 4 is 5.78 Å². The van der Waals surface area contributed by atoms with Gasteiger partial charge in [0.15, 0.2) is 0 Å². The zero-order valence-corrected chi connectivity index (χ0v) is 7.05. The molecule has 0 aliphatic rings. The quantitative estimate of drug-likeness (QED) is 0.645. The van der Waals surface area contributed by atoms with Crippen LogP contribution in [0.25, 0.3) is 0 Å². The zero-order valence-electron chi connectivity index (χ0n) is 7.05. The monoisotopic (exact) mass is 143 g/mol. The minimum Gasteiger partial charge on any atom is -0.327 e. The second kappa shape index (κ2) is 4.45. The largest absolute Gasteiger partial charge is 0.327 e. The zero-order chi connectivity index (χ0) is 8.15. The Balaban J connectivity index is 3.57. The first-order chi connectivity index (χ1) is 4.57. The Kier molecular flexibility index (Phi) is 4.28. The Morgan fingerprint density at radius 2 is 2.00 bits per heavy atom. The van der Waals surface area contributed by atoms with Gasteiger partial charge in [-0.2, -0.15) is 0 Å². The maximum absolute atomic E-state index is 10.8. The highest BCUT2D eigenvalue weighted by molar-refractivity contribution is 5.78. The molecule has 0 saturated carbocycles. The first-order valence-corrected chi connectivity index (χ1v) is 3.85. The van der Waals surface area contributed by atoms with E-state index in [1.165, 1.54) is 0 Å². The van der Waals surface area contributed by atoms with Gasteiger partial charge in [0.1, 0.15) is 5.78 Å². The maximum atomic E-state index is 10.8. The van der Waals surface area contributed by atoms with Gasteiger partial charge in [0.25, 0.3) is 0 Å². The average molecular weight is 143 g/mol. The highest BCUT2D eigenvalue weighted by Crippen LogP contribution is 2.04. The summed E-state index contributed by atoms with van der Waals surface area (Å²) in [4.78, 5) is 10.8. The van der Waals surface area contributed by atoms with Crippen LogP contribution in [0.2, 0.25) is 0 Å². The predicted molar refractivity (Wildman–Crippen MR) is 42.7 cm³/mol. The number of rotatable bonds is 4. The van der Waals surface area contributed by atoms with E-state index in [0.29, 0.717) is 18.8 Å². The molecule has 0 amide bonds. The second-order valence-electron chi connectivity index (χ2n) is 3.00. The molecular weight excluding hydrogens is 126 g/mol. The van der Waals surface area contributed by atoms with E-state index in [1.54, 1.807) is 0 Å². The molecule has 0 rings (SSSR count). The molecule has 0 radical (unpaired) electrons. The van der Waals surface area contributed by atoms with Crippen LogP contribution < -0.4 is 5.73 Å². The predicted octanol–water partition coefficient (Wildman–Crippen LogP) is 1.34. The Hall–Kier alpha value is -0.370. The highest BCUT2D eigenvalue weighted by atomic mass is 16.1. The van der Waals surface area contributed by atoms with E-state index in [1.807, 2.05) is 20.8 Å². The summed E-state index contributed by atoms with van der Waals surface area (Å²) in [6.07, 6.45) is 1.15. The number of hydrogen-bond donors (Lipinski definition) is 1. The van der Waals surface area contributed by atoms with Crippen LogP contribution in [-0.2, 0) is 4.79 Å². The summed E-state index contributed by atoms with van der Waals surface area (Å²) in [7, 11) is 0. The van der Waals surface area contributed by atoms with Gasteiger partial charge in [-0.3, -0.25) is 4.79 Å². The number of carbonyl (C=O) groups excluding carboxylic acids is 1. The number of carbonyl (C=O) groups is 1. The van der Waals surface area contributed by atoms with Crippen molar-refractivity contribution in [1.82, 2.24) is 0 Å². The lowest BCUT2D eigenvalue weighted by Crippen LogP contribution is -2.28. The summed E-state index contributed by atoms with van der Waals surface area (Å²) in [6.45, 7) is 5.94. The van der Waals surface area contributed by atoms with Crippen LogP contribution in [0.4, 0.5) is 0 Å². The van der Waals surface area contributed by atoms with Gasteiger partial charge in [-0.05, 0) is 5.92 Å². The van der Waals surface area contributed by atoms with Crippen LogP contribution >= 0.6 is 0 Å². The van der Waals surface area contributed by atoms with E-state index in [2.05, 4.69) is 0 Å². The molecule has 0 fully saturated rings. The lowest BCUT2D eigenvalue weighted by atomic mass is 9.99. The first-order valence-electron chi connectivity index (χ1n) is 3.85. The SMILES string of the molecule is CCC(=O)CC(N)C(C)C. The number of Topliss-reactive ketones (excluding diaryl/α,β-unsaturated/α-hetero) is 1. The van der Waals surface area contributed by atoms with E-state index in [9.17, 15) is 4.79 Å². The van der Waals surface area contributed by atoms with E-state index in [4.69, 9.17) is 5.73 Å². The molecule has 0 aliphatic carbocycles. The smallest absolute Gasteiger partial charge is 0.134 e. The van der Waals surface area contributed by atoms with Crippen molar-refractivity contribution < 1.29 is 4.79 Å². The van der Waals surface area contributed by atoms with E-state index >= 15 is 0 Å². The van der Waals surface area contributed by atoms with Crippen molar-refractivity contribution in [2.75, 3.05) is 0 Å². The molecule has 0 aromatic carbocycles. The molecule has 2 heteroatoms. The van der Waals surface area contributed by atoms with Crippen molar-refractivity contribution in [3.8, 4) is 0 Å². The third-order valence-electron chi connectivity index (χ3n) is 1.71. The van der Waals surface area contributed by atoms with E-state index in [-0.39, 0.29) is 11.8 Å². The van der Waals surface area contributed by atoms with E-state index in [0.717, 1.165) is 0 Å². The molecule has 0 aromatic rings. The maximum Gasteiger partial charge on any atom is 0.134 e. The van der Waals surface area contributed by atoms with Gasteiger partial charge in [0.05, 0.1) is 0 Å². The van der Waals surface area contributed by atoms with Crippen LogP contribution in [0.1, 0.15) is 33.6 Å². The molecule has 0 bridgehead atoms. The lowest BCUT2D eigenvalue weighted by molar-refractivity contribution is -0.119. The van der Waals surface area contributed by atoms with Crippen LogP contribution in [0.5, 0.6) is 0 Å². The lowest BCUT2D eigenvalue weighted by Gasteiger charge is -2.13. The highest BCUT2D eigenvalue weighted by Gasteiger charge is 2.10. The third kappa shape index (κ3) is 3.62. The first kappa shape index (κ1) is 9.63. The number of nitrogens with two attached hydrogens (primary N) is 1. The Morgan fingerprint density at radius 3 is 2.30 bits per heavy atom. The summed E-state index contributed by atoms with van der Waals surface area (Å²) in [5, 5.41) is 0. The van der Waals surface area contributed by atoms with Crippen molar-refractivity contribution in [2.45, 2.75) is 39.7 Å². The summed E-state index contributed by atoms with van der Waals surface area (Å²) in [5.41, 5.74) is 5.67. The molecule has 60 valence electrons. The Bertz CT molecular complexity index is 110. The van der Waals surface area contributed by atoms with Crippen LogP contribution in [0, 0.1) is 5.92 Å². The summed E-state index contributed by atoms with van der Waals surface area (Å²) in [6, 6.07) is 0.0486. The molecule has 0 aromatic heterocycles. The van der Waals surface area contributed by atoms with Crippen LogP contribution in [0.15, 0.2) is 0 Å². The Morgan fingerprint density at radius 1 is 1.50 bits per heavy atom. The van der Waals surface area contributed by atoms with Gasteiger partial charge in [0, 0.05) is 18.9 Å². The molecule has 10 heavy (non-hydrogen) atoms. The molecule has 0 heterocycles. The van der Waals surface area contributed by atoms with Crippen LogP contribution in [-0.4, -0.2) is 11.8 Å². The molecule has 1 unspecified atom stereocenters. The molecule has 0 aliphatic heterocycles. The second-order valence-corrected chi connectivity index (χ2v) is 3.00. The van der Waals surface area contributed by atoms with Gasteiger partial charge in [-0.25, -0.2) is 0 Å². The van der Waals surface area contributed by atoms with E-state index < -0.39 is 0 Å². The fourth-order valence-electron chi connectivity index (χ4n) is 0.643. The molecule has 0 saturated heterocycles.